The van der Waals surface area contributed by atoms with Gasteiger partial charge >= 0.3 is 0 Å². The standard InChI is InChI=1S/C16H21F2N3/c1-10(2)16(20)21-9-11(3-6-15(21)19)7-12-4-5-13(17)8-14(12)18/h4-5,8,10-11,19-20H,3,6-7,9H2,1-2H3. The number of nitrogens with zero attached hydrogens (tertiary/aromatic N) is 1. The van der Waals surface area contributed by atoms with Crippen LogP contribution in [0.15, 0.2) is 18.2 Å². The van der Waals surface area contributed by atoms with E-state index < -0.39 is 11.6 Å². The summed E-state index contributed by atoms with van der Waals surface area (Å²) in [6.45, 7) is 4.42. The largest absolute Gasteiger partial charge is 0.319 e. The van der Waals surface area contributed by atoms with Crippen molar-refractivity contribution in [1.29, 1.82) is 10.8 Å². The molecule has 0 amide bonds. The van der Waals surface area contributed by atoms with Gasteiger partial charge < -0.3 is 4.90 Å². The Morgan fingerprint density at radius 1 is 1.38 bits per heavy atom. The van der Waals surface area contributed by atoms with Gasteiger partial charge in [0, 0.05) is 24.9 Å². The highest BCUT2D eigenvalue weighted by atomic mass is 19.1. The van der Waals surface area contributed by atoms with E-state index in [1.165, 1.54) is 12.1 Å². The topological polar surface area (TPSA) is 50.9 Å². The van der Waals surface area contributed by atoms with E-state index in [2.05, 4.69) is 0 Å². The van der Waals surface area contributed by atoms with E-state index in [1.54, 1.807) is 4.90 Å². The quantitative estimate of drug-likeness (QED) is 0.646. The van der Waals surface area contributed by atoms with Gasteiger partial charge in [-0.1, -0.05) is 19.9 Å². The van der Waals surface area contributed by atoms with Crippen LogP contribution in [0.2, 0.25) is 0 Å². The summed E-state index contributed by atoms with van der Waals surface area (Å²) in [7, 11) is 0. The minimum Gasteiger partial charge on any atom is -0.319 e. The molecule has 1 saturated heterocycles. The molecule has 0 bridgehead atoms. The summed E-state index contributed by atoms with van der Waals surface area (Å²) in [4.78, 5) is 1.72. The van der Waals surface area contributed by atoms with Crippen LogP contribution in [0.25, 0.3) is 0 Å². The lowest BCUT2D eigenvalue weighted by Gasteiger charge is -2.36. The van der Waals surface area contributed by atoms with Crippen molar-refractivity contribution in [2.45, 2.75) is 33.1 Å². The van der Waals surface area contributed by atoms with Crippen molar-refractivity contribution >= 4 is 11.7 Å². The number of halogens is 2. The molecule has 0 aromatic heterocycles. The van der Waals surface area contributed by atoms with Gasteiger partial charge in [0.15, 0.2) is 0 Å². The maximum Gasteiger partial charge on any atom is 0.129 e. The van der Waals surface area contributed by atoms with Crippen LogP contribution in [-0.4, -0.2) is 23.1 Å². The molecule has 21 heavy (non-hydrogen) atoms. The Morgan fingerprint density at radius 2 is 2.10 bits per heavy atom. The molecule has 0 spiro atoms. The van der Waals surface area contributed by atoms with Crippen LogP contribution >= 0.6 is 0 Å². The van der Waals surface area contributed by atoms with E-state index in [4.69, 9.17) is 10.8 Å². The van der Waals surface area contributed by atoms with E-state index in [0.29, 0.717) is 36.6 Å². The summed E-state index contributed by atoms with van der Waals surface area (Å²) in [5, 5.41) is 16.0. The Balaban J connectivity index is 2.08. The Hall–Kier alpha value is -1.78. The molecular weight excluding hydrogens is 272 g/mol. The Labute approximate surface area is 124 Å². The normalized spacial score (nSPS) is 19.2. The second-order valence-corrected chi connectivity index (χ2v) is 5.94. The van der Waals surface area contributed by atoms with E-state index in [9.17, 15) is 8.78 Å². The molecule has 1 unspecified atom stereocenters. The van der Waals surface area contributed by atoms with Gasteiger partial charge in [-0.3, -0.25) is 10.8 Å². The molecule has 1 heterocycles. The van der Waals surface area contributed by atoms with Crippen LogP contribution in [0.1, 0.15) is 32.3 Å². The molecule has 1 aromatic carbocycles. The van der Waals surface area contributed by atoms with Crippen molar-refractivity contribution in [1.82, 2.24) is 4.90 Å². The summed E-state index contributed by atoms with van der Waals surface area (Å²) in [6.07, 6.45) is 1.92. The fourth-order valence-electron chi connectivity index (χ4n) is 2.66. The molecule has 5 heteroatoms. The molecule has 1 aliphatic heterocycles. The SMILES string of the molecule is CC(C)C(=N)N1CC(Cc2ccc(F)cc2F)CCC1=N. The van der Waals surface area contributed by atoms with Gasteiger partial charge in [-0.2, -0.15) is 0 Å². The molecule has 0 aliphatic carbocycles. The number of rotatable bonds is 3. The molecule has 0 radical (unpaired) electrons. The third kappa shape index (κ3) is 3.65. The van der Waals surface area contributed by atoms with Crippen LogP contribution in [-0.2, 0) is 6.42 Å². The Morgan fingerprint density at radius 3 is 2.71 bits per heavy atom. The first kappa shape index (κ1) is 15.6. The number of piperidine rings is 1. The third-order valence-corrected chi connectivity index (χ3v) is 3.92. The van der Waals surface area contributed by atoms with E-state index in [0.717, 1.165) is 12.5 Å². The summed E-state index contributed by atoms with van der Waals surface area (Å²) in [5.74, 6) is 0.0599. The summed E-state index contributed by atoms with van der Waals surface area (Å²) >= 11 is 0. The molecule has 1 aliphatic rings. The lowest BCUT2D eigenvalue weighted by atomic mass is 9.90. The van der Waals surface area contributed by atoms with Gasteiger partial charge in [0.1, 0.15) is 23.3 Å². The Bertz CT molecular complexity index is 554. The highest BCUT2D eigenvalue weighted by Crippen LogP contribution is 2.24. The van der Waals surface area contributed by atoms with Gasteiger partial charge in [-0.05, 0) is 30.4 Å². The molecule has 1 fully saturated rings. The molecule has 2 N–H and O–H groups in total. The summed E-state index contributed by atoms with van der Waals surface area (Å²) < 4.78 is 26.7. The predicted molar refractivity (Wildman–Crippen MR) is 79.8 cm³/mol. The molecule has 0 saturated carbocycles. The van der Waals surface area contributed by atoms with Gasteiger partial charge in [-0.15, -0.1) is 0 Å². The Kier molecular flexibility index (Phi) is 4.70. The van der Waals surface area contributed by atoms with Crippen LogP contribution in [0.4, 0.5) is 8.78 Å². The number of nitrogens with one attached hydrogen (secondary N) is 2. The molecule has 3 nitrogen and oxygen atoms in total. The van der Waals surface area contributed by atoms with Crippen molar-refractivity contribution < 1.29 is 8.78 Å². The molecule has 114 valence electrons. The molecule has 1 atom stereocenters. The van der Waals surface area contributed by atoms with Gasteiger partial charge in [0.25, 0.3) is 0 Å². The van der Waals surface area contributed by atoms with Crippen LogP contribution < -0.4 is 0 Å². The van der Waals surface area contributed by atoms with E-state index in [-0.39, 0.29) is 11.8 Å². The van der Waals surface area contributed by atoms with Gasteiger partial charge in [-0.25, -0.2) is 8.78 Å². The fraction of sp³-hybridized carbons (Fsp3) is 0.500. The monoisotopic (exact) mass is 293 g/mol. The van der Waals surface area contributed by atoms with Crippen LogP contribution in [0.3, 0.4) is 0 Å². The molecule has 1 aromatic rings. The average molecular weight is 293 g/mol. The minimum absolute atomic E-state index is 0.0617. The van der Waals surface area contributed by atoms with E-state index in [1.807, 2.05) is 13.8 Å². The number of hydrogen-bond donors (Lipinski definition) is 2. The van der Waals surface area contributed by atoms with Gasteiger partial charge in [0.05, 0.1) is 0 Å². The zero-order valence-corrected chi connectivity index (χ0v) is 12.4. The number of hydrogen-bond acceptors (Lipinski definition) is 2. The van der Waals surface area contributed by atoms with Crippen molar-refractivity contribution in [2.75, 3.05) is 6.54 Å². The lowest BCUT2D eigenvalue weighted by molar-refractivity contribution is 0.352. The lowest BCUT2D eigenvalue weighted by Crippen LogP contribution is -2.45. The minimum atomic E-state index is -0.565. The van der Waals surface area contributed by atoms with Crippen LogP contribution in [0.5, 0.6) is 0 Å². The summed E-state index contributed by atoms with van der Waals surface area (Å²) in [6, 6.07) is 3.67. The second kappa shape index (κ2) is 6.33. The zero-order valence-electron chi connectivity index (χ0n) is 12.4. The smallest absolute Gasteiger partial charge is 0.129 e. The zero-order chi connectivity index (χ0) is 15.6. The van der Waals surface area contributed by atoms with Crippen molar-refractivity contribution in [2.24, 2.45) is 11.8 Å². The third-order valence-electron chi connectivity index (χ3n) is 3.92. The van der Waals surface area contributed by atoms with Crippen molar-refractivity contribution in [3.8, 4) is 0 Å². The predicted octanol–water partition coefficient (Wildman–Crippen LogP) is 3.83. The number of amidine groups is 2. The summed E-state index contributed by atoms with van der Waals surface area (Å²) in [5.41, 5.74) is 0.505. The first-order valence-electron chi connectivity index (χ1n) is 7.25. The highest BCUT2D eigenvalue weighted by Gasteiger charge is 2.27. The molecule has 2 rings (SSSR count). The highest BCUT2D eigenvalue weighted by molar-refractivity contribution is 5.99. The first-order chi connectivity index (χ1) is 9.88. The van der Waals surface area contributed by atoms with Crippen molar-refractivity contribution in [3.05, 3.63) is 35.4 Å². The van der Waals surface area contributed by atoms with Crippen LogP contribution in [0, 0.1) is 34.3 Å². The van der Waals surface area contributed by atoms with E-state index >= 15 is 0 Å². The second-order valence-electron chi connectivity index (χ2n) is 5.94. The fourth-order valence-corrected chi connectivity index (χ4v) is 2.66. The van der Waals surface area contributed by atoms with Gasteiger partial charge in [0.2, 0.25) is 0 Å². The average Bonchev–Trinajstić information content (AvgIpc) is 2.43. The number of benzene rings is 1. The maximum atomic E-state index is 13.7. The number of likely N-dealkylation sites (tertiary alicyclic amines) is 1. The first-order valence-corrected chi connectivity index (χ1v) is 7.25. The maximum absolute atomic E-state index is 13.7. The van der Waals surface area contributed by atoms with Crippen molar-refractivity contribution in [3.63, 3.8) is 0 Å². The molecular formula is C16H21F2N3.